The summed E-state index contributed by atoms with van der Waals surface area (Å²) >= 11 is 11.6. The van der Waals surface area contributed by atoms with E-state index >= 15 is 0 Å². The fourth-order valence-electron chi connectivity index (χ4n) is 1.17. The highest BCUT2D eigenvalue weighted by Crippen LogP contribution is 2.18. The second-order valence-corrected chi connectivity index (χ2v) is 4.14. The molecule has 0 aliphatic carbocycles. The van der Waals surface area contributed by atoms with E-state index < -0.39 is 0 Å². The van der Waals surface area contributed by atoms with Crippen LogP contribution in [0.1, 0.15) is 30.1 Å². The Bertz CT molecular complexity index is 332. The summed E-state index contributed by atoms with van der Waals surface area (Å²) < 4.78 is 0. The molecule has 0 unspecified atom stereocenters. The summed E-state index contributed by atoms with van der Waals surface area (Å²) in [6.45, 7) is 2.75. The Balaban J connectivity index is 2.65. The average Bonchev–Trinajstić information content (AvgIpc) is 2.16. The lowest BCUT2D eigenvalue weighted by Gasteiger charge is -2.05. The third kappa shape index (κ3) is 4.10. The van der Waals surface area contributed by atoms with E-state index in [1.807, 2.05) is 0 Å². The van der Waals surface area contributed by atoms with Crippen molar-refractivity contribution in [2.75, 3.05) is 6.54 Å². The van der Waals surface area contributed by atoms with E-state index in [0.717, 1.165) is 12.8 Å². The first-order valence-corrected chi connectivity index (χ1v) is 5.63. The van der Waals surface area contributed by atoms with Gasteiger partial charge >= 0.3 is 0 Å². The zero-order valence-corrected chi connectivity index (χ0v) is 10.0. The van der Waals surface area contributed by atoms with E-state index in [1.54, 1.807) is 18.2 Å². The first-order chi connectivity index (χ1) is 7.13. The zero-order chi connectivity index (χ0) is 11.3. The number of benzene rings is 1. The molecule has 1 N–H and O–H groups in total. The van der Waals surface area contributed by atoms with Crippen LogP contribution >= 0.6 is 23.2 Å². The van der Waals surface area contributed by atoms with Crippen molar-refractivity contribution in [2.24, 2.45) is 0 Å². The molecule has 1 aromatic carbocycles. The van der Waals surface area contributed by atoms with Gasteiger partial charge in [0.1, 0.15) is 0 Å². The molecule has 0 fully saturated rings. The molecule has 0 heterocycles. The normalized spacial score (nSPS) is 10.1. The van der Waals surface area contributed by atoms with E-state index in [-0.39, 0.29) is 5.91 Å². The van der Waals surface area contributed by atoms with Gasteiger partial charge in [0.25, 0.3) is 5.91 Å². The van der Waals surface area contributed by atoms with E-state index in [0.29, 0.717) is 22.2 Å². The molecule has 0 spiro atoms. The average molecular weight is 246 g/mol. The van der Waals surface area contributed by atoms with Crippen LogP contribution in [0.3, 0.4) is 0 Å². The van der Waals surface area contributed by atoms with Gasteiger partial charge in [-0.1, -0.05) is 36.5 Å². The molecule has 4 heteroatoms. The minimum absolute atomic E-state index is 0.132. The number of nitrogens with one attached hydrogen (secondary N) is 1. The van der Waals surface area contributed by atoms with Crippen molar-refractivity contribution in [1.29, 1.82) is 0 Å². The summed E-state index contributed by atoms with van der Waals surface area (Å²) in [5, 5.41) is 3.75. The highest BCUT2D eigenvalue weighted by atomic mass is 35.5. The van der Waals surface area contributed by atoms with Crippen molar-refractivity contribution >= 4 is 29.1 Å². The predicted molar refractivity (Wildman–Crippen MR) is 63.7 cm³/mol. The van der Waals surface area contributed by atoms with Crippen LogP contribution < -0.4 is 5.32 Å². The maximum Gasteiger partial charge on any atom is 0.251 e. The van der Waals surface area contributed by atoms with Gasteiger partial charge in [-0.05, 0) is 24.6 Å². The van der Waals surface area contributed by atoms with Gasteiger partial charge in [0, 0.05) is 22.2 Å². The Morgan fingerprint density at radius 3 is 2.40 bits per heavy atom. The number of unbranched alkanes of at least 4 members (excludes halogenated alkanes) is 1. The smallest absolute Gasteiger partial charge is 0.251 e. The van der Waals surface area contributed by atoms with Crippen molar-refractivity contribution in [1.82, 2.24) is 5.32 Å². The maximum absolute atomic E-state index is 11.6. The molecule has 15 heavy (non-hydrogen) atoms. The van der Waals surface area contributed by atoms with Gasteiger partial charge in [-0.25, -0.2) is 0 Å². The molecule has 0 atom stereocenters. The SMILES string of the molecule is CCCCNC(=O)c1cc(Cl)cc(Cl)c1. The molecule has 2 nitrogen and oxygen atoms in total. The summed E-state index contributed by atoms with van der Waals surface area (Å²) in [5.41, 5.74) is 0.503. The summed E-state index contributed by atoms with van der Waals surface area (Å²) in [5.74, 6) is -0.132. The van der Waals surface area contributed by atoms with Gasteiger partial charge < -0.3 is 5.32 Å². The molecular weight excluding hydrogens is 233 g/mol. The number of amides is 1. The minimum atomic E-state index is -0.132. The molecule has 0 aromatic heterocycles. The van der Waals surface area contributed by atoms with Crippen LogP contribution in [0.15, 0.2) is 18.2 Å². The van der Waals surface area contributed by atoms with Crippen molar-refractivity contribution < 1.29 is 4.79 Å². The third-order valence-corrected chi connectivity index (χ3v) is 2.38. The second kappa shape index (κ2) is 5.99. The number of carbonyl (C=O) groups excluding carboxylic acids is 1. The Morgan fingerprint density at radius 1 is 1.27 bits per heavy atom. The van der Waals surface area contributed by atoms with Gasteiger partial charge in [0.15, 0.2) is 0 Å². The quantitative estimate of drug-likeness (QED) is 0.809. The first-order valence-electron chi connectivity index (χ1n) is 4.87. The monoisotopic (exact) mass is 245 g/mol. The van der Waals surface area contributed by atoms with Gasteiger partial charge in [-0.15, -0.1) is 0 Å². The Morgan fingerprint density at radius 2 is 1.87 bits per heavy atom. The Kier molecular flexibility index (Phi) is 4.92. The lowest BCUT2D eigenvalue weighted by atomic mass is 10.2. The van der Waals surface area contributed by atoms with Crippen LogP contribution in [0.2, 0.25) is 10.0 Å². The Hall–Kier alpha value is -0.730. The van der Waals surface area contributed by atoms with E-state index in [9.17, 15) is 4.79 Å². The summed E-state index contributed by atoms with van der Waals surface area (Å²) in [6.07, 6.45) is 2.02. The van der Waals surface area contributed by atoms with Crippen molar-refractivity contribution in [3.63, 3.8) is 0 Å². The summed E-state index contributed by atoms with van der Waals surface area (Å²) in [7, 11) is 0. The van der Waals surface area contributed by atoms with Crippen LogP contribution in [0.5, 0.6) is 0 Å². The van der Waals surface area contributed by atoms with Crippen LogP contribution in [0, 0.1) is 0 Å². The van der Waals surface area contributed by atoms with Crippen molar-refractivity contribution in [3.05, 3.63) is 33.8 Å². The lowest BCUT2D eigenvalue weighted by Crippen LogP contribution is -2.24. The van der Waals surface area contributed by atoms with Gasteiger partial charge in [0.2, 0.25) is 0 Å². The molecule has 0 bridgehead atoms. The molecule has 82 valence electrons. The summed E-state index contributed by atoms with van der Waals surface area (Å²) in [6, 6.07) is 4.81. The molecule has 0 radical (unpaired) electrons. The topological polar surface area (TPSA) is 29.1 Å². The van der Waals surface area contributed by atoms with E-state index in [1.165, 1.54) is 0 Å². The van der Waals surface area contributed by atoms with Gasteiger partial charge in [0.05, 0.1) is 0 Å². The molecule has 1 amide bonds. The molecule has 0 aliphatic heterocycles. The first kappa shape index (κ1) is 12.3. The van der Waals surface area contributed by atoms with Crippen LogP contribution in [-0.2, 0) is 0 Å². The number of halogens is 2. The number of hydrogen-bond acceptors (Lipinski definition) is 1. The van der Waals surface area contributed by atoms with Crippen LogP contribution in [0.4, 0.5) is 0 Å². The molecule has 1 aromatic rings. The van der Waals surface area contributed by atoms with E-state index in [2.05, 4.69) is 12.2 Å². The highest BCUT2D eigenvalue weighted by molar-refractivity contribution is 6.35. The van der Waals surface area contributed by atoms with Crippen LogP contribution in [0.25, 0.3) is 0 Å². The lowest BCUT2D eigenvalue weighted by molar-refractivity contribution is 0.0953. The number of rotatable bonds is 4. The molecular formula is C11H13Cl2NO. The number of carbonyl (C=O) groups is 1. The Labute approximate surface area is 99.6 Å². The van der Waals surface area contributed by atoms with Gasteiger partial charge in [-0.3, -0.25) is 4.79 Å². The van der Waals surface area contributed by atoms with Gasteiger partial charge in [-0.2, -0.15) is 0 Å². The second-order valence-electron chi connectivity index (χ2n) is 3.27. The molecule has 1 rings (SSSR count). The minimum Gasteiger partial charge on any atom is -0.352 e. The van der Waals surface area contributed by atoms with E-state index in [4.69, 9.17) is 23.2 Å². The summed E-state index contributed by atoms with van der Waals surface area (Å²) in [4.78, 5) is 11.6. The molecule has 0 saturated carbocycles. The zero-order valence-electron chi connectivity index (χ0n) is 8.52. The third-order valence-electron chi connectivity index (χ3n) is 1.94. The fraction of sp³-hybridized carbons (Fsp3) is 0.364. The predicted octanol–water partition coefficient (Wildman–Crippen LogP) is 3.52. The van der Waals surface area contributed by atoms with Crippen molar-refractivity contribution in [2.45, 2.75) is 19.8 Å². The molecule has 0 aliphatic rings. The number of hydrogen-bond donors (Lipinski definition) is 1. The standard InChI is InChI=1S/C11H13Cl2NO/c1-2-3-4-14-11(15)8-5-9(12)7-10(13)6-8/h5-7H,2-4H2,1H3,(H,14,15). The highest BCUT2D eigenvalue weighted by Gasteiger charge is 2.06. The maximum atomic E-state index is 11.6. The largest absolute Gasteiger partial charge is 0.352 e. The van der Waals surface area contributed by atoms with Crippen LogP contribution in [-0.4, -0.2) is 12.5 Å². The van der Waals surface area contributed by atoms with Crippen molar-refractivity contribution in [3.8, 4) is 0 Å². The molecule has 0 saturated heterocycles. The fourth-order valence-corrected chi connectivity index (χ4v) is 1.69.